The molecule has 1 amide bonds. The van der Waals surface area contributed by atoms with Crippen molar-refractivity contribution in [3.05, 3.63) is 65.7 Å². The van der Waals surface area contributed by atoms with E-state index in [4.69, 9.17) is 4.98 Å². The van der Waals surface area contributed by atoms with Crippen molar-refractivity contribution in [3.8, 4) is 11.3 Å². The van der Waals surface area contributed by atoms with Crippen LogP contribution in [0.3, 0.4) is 0 Å². The minimum Gasteiger partial charge on any atom is -0.284 e. The third kappa shape index (κ3) is 4.03. The third-order valence-corrected chi connectivity index (χ3v) is 5.89. The molecule has 1 N–H and O–H groups in total. The lowest BCUT2D eigenvalue weighted by atomic mass is 9.97. The van der Waals surface area contributed by atoms with Gasteiger partial charge in [0.2, 0.25) is 0 Å². The van der Waals surface area contributed by atoms with Crippen LogP contribution >= 0.6 is 0 Å². The fourth-order valence-corrected chi connectivity index (χ4v) is 4.45. The van der Waals surface area contributed by atoms with E-state index in [0.717, 1.165) is 59.1 Å². The van der Waals surface area contributed by atoms with Crippen LogP contribution in [0, 0.1) is 6.92 Å². The Balaban J connectivity index is 1.77. The maximum absolute atomic E-state index is 13.5. The van der Waals surface area contributed by atoms with Crippen molar-refractivity contribution in [2.45, 2.75) is 52.0 Å². The normalized spacial score (nSPS) is 14.6. The lowest BCUT2D eigenvalue weighted by Crippen LogP contribution is -2.48. The van der Waals surface area contributed by atoms with Gasteiger partial charge in [-0.2, -0.15) is 0 Å². The van der Waals surface area contributed by atoms with E-state index in [1.54, 1.807) is 0 Å². The molecule has 4 nitrogen and oxygen atoms in total. The van der Waals surface area contributed by atoms with Crippen LogP contribution in [0.1, 0.15) is 54.9 Å². The molecule has 1 aliphatic rings. The first-order valence-corrected chi connectivity index (χ1v) is 10.7. The predicted molar refractivity (Wildman–Crippen MR) is 119 cm³/mol. The van der Waals surface area contributed by atoms with Crippen LogP contribution < -0.4 is 5.43 Å². The highest BCUT2D eigenvalue weighted by molar-refractivity contribution is 6.08. The Morgan fingerprint density at radius 2 is 1.76 bits per heavy atom. The summed E-state index contributed by atoms with van der Waals surface area (Å²) in [7, 11) is 0. The summed E-state index contributed by atoms with van der Waals surface area (Å²) in [5.74, 6) is -0.0290. The van der Waals surface area contributed by atoms with E-state index in [2.05, 4.69) is 17.4 Å². The Morgan fingerprint density at radius 3 is 2.48 bits per heavy atom. The monoisotopic (exact) mass is 387 g/mol. The molecule has 0 atom stereocenters. The highest BCUT2D eigenvalue weighted by atomic mass is 16.2. The summed E-state index contributed by atoms with van der Waals surface area (Å²) in [5, 5.41) is 3.08. The molecule has 0 radical (unpaired) electrons. The summed E-state index contributed by atoms with van der Waals surface area (Å²) in [5.41, 5.74) is 7.67. The highest BCUT2D eigenvalue weighted by Gasteiger charge is 2.26. The molecule has 150 valence electrons. The van der Waals surface area contributed by atoms with E-state index in [9.17, 15) is 4.79 Å². The van der Waals surface area contributed by atoms with Crippen LogP contribution in [0.15, 0.2) is 54.6 Å². The average molecular weight is 388 g/mol. The Hall–Kier alpha value is -2.72. The van der Waals surface area contributed by atoms with E-state index in [1.165, 1.54) is 12.8 Å². The summed E-state index contributed by atoms with van der Waals surface area (Å²) < 4.78 is 0. The molecule has 0 aliphatic heterocycles. The number of hydrogen-bond donors (Lipinski definition) is 1. The number of amides is 1. The van der Waals surface area contributed by atoms with Gasteiger partial charge in [-0.1, -0.05) is 68.3 Å². The van der Waals surface area contributed by atoms with Gasteiger partial charge in [-0.25, -0.2) is 9.99 Å². The predicted octanol–water partition coefficient (Wildman–Crippen LogP) is 5.51. The molecule has 1 heterocycles. The van der Waals surface area contributed by atoms with E-state index in [1.807, 2.05) is 61.5 Å². The number of carbonyl (C=O) groups is 1. The van der Waals surface area contributed by atoms with Crippen LogP contribution in [0.2, 0.25) is 0 Å². The number of fused-ring (bicyclic) bond motifs is 1. The van der Waals surface area contributed by atoms with Crippen molar-refractivity contribution in [2.24, 2.45) is 0 Å². The number of carbonyl (C=O) groups excluding carboxylic acids is 1. The Morgan fingerprint density at radius 1 is 1.07 bits per heavy atom. The number of aromatic nitrogens is 1. The van der Waals surface area contributed by atoms with Gasteiger partial charge in [0, 0.05) is 23.5 Å². The molecule has 2 aromatic carbocycles. The molecule has 0 unspecified atom stereocenters. The number of nitrogens with zero attached hydrogens (tertiary/aromatic N) is 2. The third-order valence-electron chi connectivity index (χ3n) is 5.89. The molecule has 1 fully saturated rings. The van der Waals surface area contributed by atoms with Crippen molar-refractivity contribution in [1.29, 1.82) is 0 Å². The van der Waals surface area contributed by atoms with E-state index >= 15 is 0 Å². The minimum absolute atomic E-state index is 0.0290. The van der Waals surface area contributed by atoms with Gasteiger partial charge >= 0.3 is 0 Å². The number of hydrogen-bond acceptors (Lipinski definition) is 3. The fraction of sp³-hybridized carbons (Fsp3) is 0.360. The second kappa shape index (κ2) is 8.75. The highest BCUT2D eigenvalue weighted by Crippen LogP contribution is 2.30. The molecule has 0 bridgehead atoms. The molecule has 0 spiro atoms. The van der Waals surface area contributed by atoms with Gasteiger partial charge in [-0.3, -0.25) is 10.2 Å². The number of para-hydroxylation sites is 1. The van der Waals surface area contributed by atoms with Gasteiger partial charge in [-0.05, 0) is 37.8 Å². The van der Waals surface area contributed by atoms with Crippen LogP contribution in [0.25, 0.3) is 22.2 Å². The van der Waals surface area contributed by atoms with Gasteiger partial charge in [0.15, 0.2) is 0 Å². The van der Waals surface area contributed by atoms with Crippen LogP contribution in [-0.2, 0) is 0 Å². The minimum atomic E-state index is -0.0290. The average Bonchev–Trinajstić information content (AvgIpc) is 3.28. The standard InChI is InChI=1S/C25H29N3O/c1-3-17-28(20-13-7-8-14-20)27-25(29)23-18(2)24(19-11-5-4-6-12-19)26-22-16-10-9-15-21(22)23/h4-6,9-12,15-16,20H,3,7-8,13-14,17H2,1-2H3,(H,27,29). The van der Waals surface area contributed by atoms with Gasteiger partial charge in [0.1, 0.15) is 0 Å². The fourth-order valence-electron chi connectivity index (χ4n) is 4.45. The molecule has 29 heavy (non-hydrogen) atoms. The summed E-state index contributed by atoms with van der Waals surface area (Å²) in [6.07, 6.45) is 5.83. The lowest BCUT2D eigenvalue weighted by Gasteiger charge is -2.29. The van der Waals surface area contributed by atoms with Crippen molar-refractivity contribution >= 4 is 16.8 Å². The quantitative estimate of drug-likeness (QED) is 0.567. The Labute approximate surface area is 172 Å². The summed E-state index contributed by atoms with van der Waals surface area (Å²) in [4.78, 5) is 18.4. The van der Waals surface area contributed by atoms with E-state index < -0.39 is 0 Å². The number of nitrogens with one attached hydrogen (secondary N) is 1. The number of hydrazine groups is 1. The SMILES string of the molecule is CCCN(NC(=O)c1c(C)c(-c2ccccc2)nc2ccccc12)C1CCCC1. The molecular formula is C25H29N3O. The van der Waals surface area contributed by atoms with Gasteiger partial charge in [-0.15, -0.1) is 0 Å². The largest absolute Gasteiger partial charge is 0.284 e. The second-order valence-electron chi connectivity index (χ2n) is 7.92. The van der Waals surface area contributed by atoms with Crippen LogP contribution in [-0.4, -0.2) is 28.5 Å². The van der Waals surface area contributed by atoms with Crippen LogP contribution in [0.5, 0.6) is 0 Å². The first kappa shape index (κ1) is 19.6. The summed E-state index contributed by atoms with van der Waals surface area (Å²) in [6.45, 7) is 5.05. The Bertz CT molecular complexity index is 994. The summed E-state index contributed by atoms with van der Waals surface area (Å²) in [6, 6.07) is 18.5. The molecule has 4 heteroatoms. The molecule has 0 saturated heterocycles. The first-order valence-electron chi connectivity index (χ1n) is 10.7. The number of pyridine rings is 1. The zero-order valence-corrected chi connectivity index (χ0v) is 17.3. The van der Waals surface area contributed by atoms with Gasteiger partial charge in [0.25, 0.3) is 5.91 Å². The first-order chi connectivity index (χ1) is 14.2. The summed E-state index contributed by atoms with van der Waals surface area (Å²) >= 11 is 0. The number of rotatable bonds is 6. The molecule has 3 aromatic rings. The Kier molecular flexibility index (Phi) is 5.91. The second-order valence-corrected chi connectivity index (χ2v) is 7.92. The van der Waals surface area contributed by atoms with Crippen molar-refractivity contribution < 1.29 is 4.79 Å². The van der Waals surface area contributed by atoms with Crippen molar-refractivity contribution in [3.63, 3.8) is 0 Å². The molecule has 1 saturated carbocycles. The lowest BCUT2D eigenvalue weighted by molar-refractivity contribution is 0.0690. The van der Waals surface area contributed by atoms with Crippen LogP contribution in [0.4, 0.5) is 0 Å². The molecule has 1 aliphatic carbocycles. The van der Waals surface area contributed by atoms with Gasteiger partial charge < -0.3 is 0 Å². The molecule has 4 rings (SSSR count). The zero-order valence-electron chi connectivity index (χ0n) is 17.3. The molecule has 1 aromatic heterocycles. The van der Waals surface area contributed by atoms with Crippen molar-refractivity contribution in [2.75, 3.05) is 6.54 Å². The maximum Gasteiger partial charge on any atom is 0.266 e. The van der Waals surface area contributed by atoms with E-state index in [-0.39, 0.29) is 5.91 Å². The van der Waals surface area contributed by atoms with Gasteiger partial charge in [0.05, 0.1) is 16.8 Å². The van der Waals surface area contributed by atoms with Crippen molar-refractivity contribution in [1.82, 2.24) is 15.4 Å². The zero-order chi connectivity index (χ0) is 20.2. The van der Waals surface area contributed by atoms with E-state index in [0.29, 0.717) is 6.04 Å². The smallest absolute Gasteiger partial charge is 0.266 e. The molecular weight excluding hydrogens is 358 g/mol. The number of benzene rings is 2. The maximum atomic E-state index is 13.5. The topological polar surface area (TPSA) is 45.2 Å².